The lowest BCUT2D eigenvalue weighted by atomic mass is 10.1. The Labute approximate surface area is 157 Å². The monoisotopic (exact) mass is 382 g/mol. The third-order valence-electron chi connectivity index (χ3n) is 3.93. The van der Waals surface area contributed by atoms with Crippen LogP contribution in [0.4, 0.5) is 5.82 Å². The summed E-state index contributed by atoms with van der Waals surface area (Å²) < 4.78 is 11.9. The zero-order valence-electron chi connectivity index (χ0n) is 14.2. The summed E-state index contributed by atoms with van der Waals surface area (Å²) in [6.45, 7) is 1.95. The van der Waals surface area contributed by atoms with Crippen molar-refractivity contribution >= 4 is 33.2 Å². The molecule has 0 amide bonds. The average Bonchev–Trinajstić information content (AvgIpc) is 3.27. The van der Waals surface area contributed by atoms with Crippen LogP contribution in [0.15, 0.2) is 40.3 Å². The van der Waals surface area contributed by atoms with Gasteiger partial charge >= 0.3 is 5.97 Å². The van der Waals surface area contributed by atoms with Gasteiger partial charge in [0.2, 0.25) is 11.8 Å². The molecule has 8 nitrogen and oxygen atoms in total. The standard InChI is InChI=1S/C18H14N4O4S/c1-9-21-22-17(26-9)10-3-2-4-12(5-10)25-7-11-8-27-15-13(18(23)24)6-20-16(19)14(11)15/h2-6,8H,7H2,1H3,(H2,19,20)(H,23,24). The number of benzene rings is 1. The first-order chi connectivity index (χ1) is 13.0. The molecular formula is C18H14N4O4S. The van der Waals surface area contributed by atoms with E-state index < -0.39 is 5.97 Å². The third-order valence-corrected chi connectivity index (χ3v) is 4.99. The number of hydrogen-bond donors (Lipinski definition) is 2. The zero-order valence-corrected chi connectivity index (χ0v) is 15.0. The number of thiophene rings is 1. The lowest BCUT2D eigenvalue weighted by molar-refractivity contribution is 0.0699. The topological polar surface area (TPSA) is 124 Å². The van der Waals surface area contributed by atoms with E-state index in [2.05, 4.69) is 15.2 Å². The summed E-state index contributed by atoms with van der Waals surface area (Å²) in [5.74, 6) is 0.759. The predicted molar refractivity (Wildman–Crippen MR) is 99.8 cm³/mol. The summed E-state index contributed by atoms with van der Waals surface area (Å²) >= 11 is 1.31. The van der Waals surface area contributed by atoms with Gasteiger partial charge in [-0.2, -0.15) is 0 Å². The first-order valence-electron chi connectivity index (χ1n) is 7.94. The molecule has 27 heavy (non-hydrogen) atoms. The Kier molecular flexibility index (Phi) is 4.21. The van der Waals surface area contributed by atoms with E-state index in [1.54, 1.807) is 13.0 Å². The molecule has 9 heteroatoms. The van der Waals surface area contributed by atoms with E-state index in [1.165, 1.54) is 17.5 Å². The molecule has 136 valence electrons. The second-order valence-electron chi connectivity index (χ2n) is 5.77. The number of aromatic carboxylic acids is 1. The van der Waals surface area contributed by atoms with Crippen molar-refractivity contribution in [3.8, 4) is 17.2 Å². The van der Waals surface area contributed by atoms with Crippen LogP contribution in [-0.2, 0) is 6.61 Å². The second-order valence-corrected chi connectivity index (χ2v) is 6.65. The Hall–Kier alpha value is -3.46. The van der Waals surface area contributed by atoms with Crippen molar-refractivity contribution in [1.82, 2.24) is 15.2 Å². The van der Waals surface area contributed by atoms with E-state index in [4.69, 9.17) is 14.9 Å². The normalized spacial score (nSPS) is 11.0. The average molecular weight is 382 g/mol. The van der Waals surface area contributed by atoms with Gasteiger partial charge in [-0.25, -0.2) is 9.78 Å². The fourth-order valence-corrected chi connectivity index (χ4v) is 3.75. The molecule has 0 saturated heterocycles. The van der Waals surface area contributed by atoms with Crippen LogP contribution >= 0.6 is 11.3 Å². The molecule has 0 atom stereocenters. The molecule has 0 unspecified atom stereocenters. The van der Waals surface area contributed by atoms with Crippen molar-refractivity contribution in [2.45, 2.75) is 13.5 Å². The van der Waals surface area contributed by atoms with E-state index in [1.807, 2.05) is 23.6 Å². The van der Waals surface area contributed by atoms with Crippen LogP contribution in [0.2, 0.25) is 0 Å². The van der Waals surface area contributed by atoms with E-state index in [9.17, 15) is 9.90 Å². The quantitative estimate of drug-likeness (QED) is 0.537. The van der Waals surface area contributed by atoms with Crippen LogP contribution in [0.1, 0.15) is 21.8 Å². The highest BCUT2D eigenvalue weighted by Gasteiger charge is 2.17. The number of anilines is 1. The number of aromatic nitrogens is 3. The third kappa shape index (κ3) is 3.20. The van der Waals surface area contributed by atoms with E-state index in [0.717, 1.165) is 11.1 Å². The number of aryl methyl sites for hydroxylation is 1. The molecule has 0 bridgehead atoms. The van der Waals surface area contributed by atoms with Crippen LogP contribution in [0, 0.1) is 6.92 Å². The fraction of sp³-hybridized carbons (Fsp3) is 0.111. The molecule has 0 fully saturated rings. The van der Waals surface area contributed by atoms with Crippen LogP contribution in [0.3, 0.4) is 0 Å². The number of carboxylic acids is 1. The molecule has 0 aliphatic carbocycles. The van der Waals surface area contributed by atoms with Crippen LogP contribution < -0.4 is 10.5 Å². The Morgan fingerprint density at radius 2 is 2.22 bits per heavy atom. The Bertz CT molecular complexity index is 1150. The van der Waals surface area contributed by atoms with Crippen molar-refractivity contribution in [1.29, 1.82) is 0 Å². The van der Waals surface area contributed by atoms with Gasteiger partial charge in [-0.15, -0.1) is 21.5 Å². The predicted octanol–water partition coefficient (Wildman–Crippen LogP) is 3.51. The summed E-state index contributed by atoms with van der Waals surface area (Å²) in [5.41, 5.74) is 7.62. The number of nitrogens with zero attached hydrogens (tertiary/aromatic N) is 3. The molecule has 4 aromatic rings. The van der Waals surface area contributed by atoms with E-state index in [-0.39, 0.29) is 18.0 Å². The second kappa shape index (κ2) is 6.69. The molecule has 0 radical (unpaired) electrons. The molecule has 3 N–H and O–H groups in total. The number of ether oxygens (including phenoxy) is 1. The van der Waals surface area contributed by atoms with E-state index >= 15 is 0 Å². The lowest BCUT2D eigenvalue weighted by Crippen LogP contribution is -2.02. The maximum atomic E-state index is 11.4. The lowest BCUT2D eigenvalue weighted by Gasteiger charge is -2.07. The number of carboxylic acid groups (broad SMARTS) is 1. The van der Waals surface area contributed by atoms with Crippen molar-refractivity contribution in [3.63, 3.8) is 0 Å². The van der Waals surface area contributed by atoms with Gasteiger partial charge in [-0.3, -0.25) is 0 Å². The fourth-order valence-electron chi connectivity index (χ4n) is 2.68. The highest BCUT2D eigenvalue weighted by Crippen LogP contribution is 2.33. The highest BCUT2D eigenvalue weighted by atomic mass is 32.1. The molecule has 0 spiro atoms. The summed E-state index contributed by atoms with van der Waals surface area (Å²) in [5, 5.41) is 19.6. The van der Waals surface area contributed by atoms with Crippen molar-refractivity contribution in [2.75, 3.05) is 5.73 Å². The first kappa shape index (κ1) is 17.0. The Morgan fingerprint density at radius 3 is 2.96 bits per heavy atom. The molecule has 4 rings (SSSR count). The molecular weight excluding hydrogens is 368 g/mol. The van der Waals surface area contributed by atoms with Crippen LogP contribution in [-0.4, -0.2) is 26.3 Å². The van der Waals surface area contributed by atoms with Crippen LogP contribution in [0.25, 0.3) is 21.5 Å². The minimum absolute atomic E-state index is 0.129. The molecule has 3 aromatic heterocycles. The van der Waals surface area contributed by atoms with Gasteiger partial charge < -0.3 is 20.0 Å². The minimum atomic E-state index is -1.04. The largest absolute Gasteiger partial charge is 0.489 e. The summed E-state index contributed by atoms with van der Waals surface area (Å²) in [7, 11) is 0. The van der Waals surface area contributed by atoms with Gasteiger partial charge in [-0.05, 0) is 23.6 Å². The maximum Gasteiger partial charge on any atom is 0.338 e. The van der Waals surface area contributed by atoms with Crippen molar-refractivity contribution < 1.29 is 19.1 Å². The van der Waals surface area contributed by atoms with Gasteiger partial charge in [0.05, 0.1) is 10.3 Å². The number of nitrogen functional groups attached to an aromatic ring is 1. The number of pyridine rings is 1. The number of fused-ring (bicyclic) bond motifs is 1. The Balaban J connectivity index is 1.61. The first-order valence-corrected chi connectivity index (χ1v) is 8.82. The smallest absolute Gasteiger partial charge is 0.338 e. The molecule has 0 aliphatic heterocycles. The van der Waals surface area contributed by atoms with Gasteiger partial charge in [0.25, 0.3) is 0 Å². The molecule has 1 aromatic carbocycles. The minimum Gasteiger partial charge on any atom is -0.489 e. The van der Waals surface area contributed by atoms with Gasteiger partial charge in [-0.1, -0.05) is 6.07 Å². The molecule has 3 heterocycles. The summed E-state index contributed by atoms with van der Waals surface area (Å²) in [6, 6.07) is 7.28. The molecule has 0 aliphatic rings. The SMILES string of the molecule is Cc1nnc(-c2cccc(OCc3csc4c(C(=O)O)cnc(N)c34)c2)o1. The maximum absolute atomic E-state index is 11.4. The van der Waals surface area contributed by atoms with Crippen LogP contribution in [0.5, 0.6) is 5.75 Å². The van der Waals surface area contributed by atoms with Gasteiger partial charge in [0.15, 0.2) is 0 Å². The van der Waals surface area contributed by atoms with Gasteiger partial charge in [0.1, 0.15) is 18.2 Å². The van der Waals surface area contributed by atoms with Crippen molar-refractivity contribution in [3.05, 3.63) is 52.9 Å². The van der Waals surface area contributed by atoms with Gasteiger partial charge in [0, 0.05) is 29.6 Å². The molecule has 0 saturated carbocycles. The summed E-state index contributed by atoms with van der Waals surface area (Å²) in [6.07, 6.45) is 1.27. The highest BCUT2D eigenvalue weighted by molar-refractivity contribution is 7.17. The number of rotatable bonds is 5. The zero-order chi connectivity index (χ0) is 19.0. The Morgan fingerprint density at radius 1 is 1.37 bits per heavy atom. The number of carbonyl (C=O) groups is 1. The summed E-state index contributed by atoms with van der Waals surface area (Å²) in [4.78, 5) is 15.4. The van der Waals surface area contributed by atoms with E-state index in [0.29, 0.717) is 27.6 Å². The number of hydrogen-bond acceptors (Lipinski definition) is 8. The van der Waals surface area contributed by atoms with Crippen molar-refractivity contribution in [2.24, 2.45) is 0 Å². The number of nitrogens with two attached hydrogens (primary N) is 1.